The van der Waals surface area contributed by atoms with Crippen molar-refractivity contribution in [3.63, 3.8) is 0 Å². The summed E-state index contributed by atoms with van der Waals surface area (Å²) in [6, 6.07) is 8.81. The standard InChI is InChI=1S/C13H15NOS/c1-9-12(15)5-7-14(9)11-3-2-4-13-10(11)6-8-16-13/h2-4,6,8-9,12,15H,5,7H2,1H3. The highest BCUT2D eigenvalue weighted by Crippen LogP contribution is 2.34. The summed E-state index contributed by atoms with van der Waals surface area (Å²) in [5.74, 6) is 0. The van der Waals surface area contributed by atoms with E-state index in [0.717, 1.165) is 13.0 Å². The lowest BCUT2D eigenvalue weighted by atomic mass is 10.1. The van der Waals surface area contributed by atoms with Gasteiger partial charge >= 0.3 is 0 Å². The Morgan fingerprint density at radius 3 is 3.00 bits per heavy atom. The van der Waals surface area contributed by atoms with Gasteiger partial charge in [0.25, 0.3) is 0 Å². The third-order valence-electron chi connectivity index (χ3n) is 3.50. The number of aliphatic hydroxyl groups is 1. The molecule has 1 aromatic heterocycles. The van der Waals surface area contributed by atoms with Crippen molar-refractivity contribution in [2.24, 2.45) is 0 Å². The number of anilines is 1. The van der Waals surface area contributed by atoms with Crippen LogP contribution in [0.4, 0.5) is 5.69 Å². The van der Waals surface area contributed by atoms with E-state index in [0.29, 0.717) is 0 Å². The largest absolute Gasteiger partial charge is 0.391 e. The molecule has 16 heavy (non-hydrogen) atoms. The number of aliphatic hydroxyl groups excluding tert-OH is 1. The van der Waals surface area contributed by atoms with Crippen LogP contribution in [0.3, 0.4) is 0 Å². The molecule has 0 bridgehead atoms. The van der Waals surface area contributed by atoms with Gasteiger partial charge in [0.2, 0.25) is 0 Å². The number of rotatable bonds is 1. The van der Waals surface area contributed by atoms with Crippen molar-refractivity contribution >= 4 is 27.1 Å². The number of benzene rings is 1. The average Bonchev–Trinajstić information content (AvgIpc) is 2.87. The van der Waals surface area contributed by atoms with Crippen LogP contribution in [0.25, 0.3) is 10.1 Å². The van der Waals surface area contributed by atoms with Crippen molar-refractivity contribution in [3.05, 3.63) is 29.6 Å². The molecule has 2 atom stereocenters. The van der Waals surface area contributed by atoms with E-state index in [4.69, 9.17) is 0 Å². The first-order valence-electron chi connectivity index (χ1n) is 5.68. The van der Waals surface area contributed by atoms with Crippen LogP contribution in [0.5, 0.6) is 0 Å². The number of hydrogen-bond acceptors (Lipinski definition) is 3. The highest BCUT2D eigenvalue weighted by Gasteiger charge is 2.29. The van der Waals surface area contributed by atoms with Gasteiger partial charge in [0, 0.05) is 22.3 Å². The monoisotopic (exact) mass is 233 g/mol. The summed E-state index contributed by atoms with van der Waals surface area (Å²) in [4.78, 5) is 2.32. The van der Waals surface area contributed by atoms with Gasteiger partial charge < -0.3 is 10.0 Å². The molecule has 0 aliphatic carbocycles. The van der Waals surface area contributed by atoms with Gasteiger partial charge in [-0.1, -0.05) is 6.07 Å². The fourth-order valence-electron chi connectivity index (χ4n) is 2.49. The van der Waals surface area contributed by atoms with Gasteiger partial charge in [-0.25, -0.2) is 0 Å². The molecule has 2 unspecified atom stereocenters. The van der Waals surface area contributed by atoms with Gasteiger partial charge in [-0.15, -0.1) is 11.3 Å². The Kier molecular flexibility index (Phi) is 2.37. The van der Waals surface area contributed by atoms with Crippen molar-refractivity contribution in [2.45, 2.75) is 25.5 Å². The Hall–Kier alpha value is -1.06. The number of thiophene rings is 1. The normalized spacial score (nSPS) is 25.5. The molecule has 1 saturated heterocycles. The van der Waals surface area contributed by atoms with E-state index in [-0.39, 0.29) is 12.1 Å². The predicted octanol–water partition coefficient (Wildman–Crippen LogP) is 2.86. The second-order valence-electron chi connectivity index (χ2n) is 4.40. The first kappa shape index (κ1) is 10.1. The fourth-order valence-corrected chi connectivity index (χ4v) is 3.30. The molecule has 2 nitrogen and oxygen atoms in total. The second-order valence-corrected chi connectivity index (χ2v) is 5.35. The summed E-state index contributed by atoms with van der Waals surface area (Å²) in [7, 11) is 0. The summed E-state index contributed by atoms with van der Waals surface area (Å²) in [6.45, 7) is 3.06. The minimum Gasteiger partial charge on any atom is -0.391 e. The Bertz CT molecular complexity index is 507. The topological polar surface area (TPSA) is 23.5 Å². The van der Waals surface area contributed by atoms with Gasteiger partial charge in [-0.05, 0) is 36.9 Å². The van der Waals surface area contributed by atoms with Crippen LogP contribution in [0.1, 0.15) is 13.3 Å². The molecule has 2 aromatic rings. The third kappa shape index (κ3) is 1.43. The zero-order valence-electron chi connectivity index (χ0n) is 9.26. The van der Waals surface area contributed by atoms with E-state index in [1.807, 2.05) is 0 Å². The van der Waals surface area contributed by atoms with Crippen molar-refractivity contribution in [1.29, 1.82) is 0 Å². The van der Waals surface area contributed by atoms with Crippen LogP contribution < -0.4 is 4.90 Å². The van der Waals surface area contributed by atoms with E-state index in [1.54, 1.807) is 11.3 Å². The van der Waals surface area contributed by atoms with E-state index in [2.05, 4.69) is 41.5 Å². The highest BCUT2D eigenvalue weighted by atomic mass is 32.1. The lowest BCUT2D eigenvalue weighted by Gasteiger charge is -2.25. The molecule has 84 valence electrons. The molecule has 0 amide bonds. The molecule has 1 aliphatic rings. The zero-order valence-corrected chi connectivity index (χ0v) is 10.1. The number of nitrogens with zero attached hydrogens (tertiary/aromatic N) is 1. The molecule has 1 aliphatic heterocycles. The number of fused-ring (bicyclic) bond motifs is 1. The van der Waals surface area contributed by atoms with Crippen LogP contribution in [-0.2, 0) is 0 Å². The minimum atomic E-state index is -0.186. The fraction of sp³-hybridized carbons (Fsp3) is 0.385. The number of hydrogen-bond donors (Lipinski definition) is 1. The van der Waals surface area contributed by atoms with Crippen LogP contribution in [0.15, 0.2) is 29.6 Å². The maximum absolute atomic E-state index is 9.81. The summed E-state index contributed by atoms with van der Waals surface area (Å²) in [5, 5.41) is 13.3. The molecule has 3 heteroatoms. The zero-order chi connectivity index (χ0) is 11.1. The molecule has 2 heterocycles. The molecular formula is C13H15NOS. The van der Waals surface area contributed by atoms with Gasteiger partial charge in [0.1, 0.15) is 0 Å². The molecule has 3 rings (SSSR count). The maximum atomic E-state index is 9.81. The van der Waals surface area contributed by atoms with Crippen molar-refractivity contribution in [2.75, 3.05) is 11.4 Å². The van der Waals surface area contributed by atoms with Crippen molar-refractivity contribution < 1.29 is 5.11 Å². The van der Waals surface area contributed by atoms with Gasteiger partial charge in [-0.2, -0.15) is 0 Å². The second kappa shape index (κ2) is 3.75. The molecule has 0 saturated carbocycles. The first-order chi connectivity index (χ1) is 7.77. The van der Waals surface area contributed by atoms with Gasteiger partial charge in [0.05, 0.1) is 12.1 Å². The van der Waals surface area contributed by atoms with Gasteiger partial charge in [0.15, 0.2) is 0 Å². The minimum absolute atomic E-state index is 0.186. The first-order valence-corrected chi connectivity index (χ1v) is 6.56. The maximum Gasteiger partial charge on any atom is 0.0757 e. The van der Waals surface area contributed by atoms with Crippen LogP contribution in [0, 0.1) is 0 Å². The Labute approximate surface area is 99.1 Å². The lowest BCUT2D eigenvalue weighted by Crippen LogP contribution is -2.32. The summed E-state index contributed by atoms with van der Waals surface area (Å²) >= 11 is 1.77. The summed E-state index contributed by atoms with van der Waals surface area (Å²) < 4.78 is 1.33. The smallest absolute Gasteiger partial charge is 0.0757 e. The lowest BCUT2D eigenvalue weighted by molar-refractivity contribution is 0.170. The molecular weight excluding hydrogens is 218 g/mol. The highest BCUT2D eigenvalue weighted by molar-refractivity contribution is 7.17. The molecule has 1 N–H and O–H groups in total. The molecule has 1 aromatic carbocycles. The molecule has 0 spiro atoms. The van der Waals surface area contributed by atoms with E-state index < -0.39 is 0 Å². The van der Waals surface area contributed by atoms with Crippen LogP contribution in [0.2, 0.25) is 0 Å². The SMILES string of the molecule is CC1C(O)CCN1c1cccc2sccc12. The van der Waals surface area contributed by atoms with Crippen molar-refractivity contribution in [1.82, 2.24) is 0 Å². The summed E-state index contributed by atoms with van der Waals surface area (Å²) in [6.07, 6.45) is 0.690. The van der Waals surface area contributed by atoms with E-state index in [9.17, 15) is 5.11 Å². The van der Waals surface area contributed by atoms with Gasteiger partial charge in [-0.3, -0.25) is 0 Å². The summed E-state index contributed by atoms with van der Waals surface area (Å²) in [5.41, 5.74) is 1.27. The van der Waals surface area contributed by atoms with Crippen LogP contribution in [-0.4, -0.2) is 23.8 Å². The average molecular weight is 233 g/mol. The quantitative estimate of drug-likeness (QED) is 0.818. The van der Waals surface area contributed by atoms with E-state index in [1.165, 1.54) is 15.8 Å². The predicted molar refractivity (Wildman–Crippen MR) is 69.3 cm³/mol. The molecule has 1 fully saturated rings. The molecule has 0 radical (unpaired) electrons. The van der Waals surface area contributed by atoms with E-state index >= 15 is 0 Å². The Morgan fingerprint density at radius 2 is 2.25 bits per heavy atom. The Morgan fingerprint density at radius 1 is 1.38 bits per heavy atom. The van der Waals surface area contributed by atoms with Crippen LogP contribution >= 0.6 is 11.3 Å². The third-order valence-corrected chi connectivity index (χ3v) is 4.38. The van der Waals surface area contributed by atoms with Crippen molar-refractivity contribution in [3.8, 4) is 0 Å². The Balaban J connectivity index is 2.09.